The van der Waals surface area contributed by atoms with Gasteiger partial charge < -0.3 is 5.02 Å². The standard InChI is InChI=1S/C16H15BO2/c18-16(14-4-2-1-3-5-14)11-12-6-7-13-8-9-17(19)15(13)10-12/h1-7,10,19H,8-9,11H2. The Bertz CT molecular complexity index is 607. The highest BCUT2D eigenvalue weighted by Gasteiger charge is 2.24. The van der Waals surface area contributed by atoms with Crippen LogP contribution in [0.5, 0.6) is 0 Å². The fourth-order valence-corrected chi connectivity index (χ4v) is 2.65. The molecule has 0 unspecified atom stereocenters. The molecule has 0 radical (unpaired) electrons. The fraction of sp³-hybridized carbons (Fsp3) is 0.188. The van der Waals surface area contributed by atoms with Crippen molar-refractivity contribution in [2.45, 2.75) is 19.2 Å². The molecular weight excluding hydrogens is 235 g/mol. The summed E-state index contributed by atoms with van der Waals surface area (Å²) in [5.74, 6) is 0.119. The van der Waals surface area contributed by atoms with Crippen molar-refractivity contribution in [1.82, 2.24) is 0 Å². The lowest BCUT2D eigenvalue weighted by Gasteiger charge is -2.06. The van der Waals surface area contributed by atoms with Crippen molar-refractivity contribution in [3.63, 3.8) is 0 Å². The van der Waals surface area contributed by atoms with Crippen molar-refractivity contribution in [3.8, 4) is 0 Å². The van der Waals surface area contributed by atoms with Crippen LogP contribution < -0.4 is 5.46 Å². The number of benzene rings is 2. The van der Waals surface area contributed by atoms with Crippen LogP contribution >= 0.6 is 0 Å². The van der Waals surface area contributed by atoms with Crippen LogP contribution in [-0.4, -0.2) is 17.7 Å². The number of ketones is 1. The molecule has 1 aliphatic heterocycles. The van der Waals surface area contributed by atoms with E-state index in [1.807, 2.05) is 48.5 Å². The second-order valence-corrected chi connectivity index (χ2v) is 5.05. The van der Waals surface area contributed by atoms with Crippen molar-refractivity contribution in [3.05, 3.63) is 65.2 Å². The lowest BCUT2D eigenvalue weighted by atomic mass is 9.63. The molecule has 2 aromatic rings. The smallest absolute Gasteiger partial charge is 0.324 e. The topological polar surface area (TPSA) is 37.3 Å². The molecule has 1 aliphatic rings. The van der Waals surface area contributed by atoms with Gasteiger partial charge in [0.1, 0.15) is 0 Å². The molecule has 3 heteroatoms. The van der Waals surface area contributed by atoms with Gasteiger partial charge in [-0.05, 0) is 23.8 Å². The van der Waals surface area contributed by atoms with Gasteiger partial charge in [0.15, 0.2) is 5.78 Å². The molecule has 0 aliphatic carbocycles. The molecular formula is C16H15BO2. The largest absolute Gasteiger partial charge is 0.446 e. The maximum atomic E-state index is 12.1. The van der Waals surface area contributed by atoms with Gasteiger partial charge in [-0.25, -0.2) is 0 Å². The first-order valence-electron chi connectivity index (χ1n) is 6.62. The first-order chi connectivity index (χ1) is 9.24. The molecule has 2 nitrogen and oxygen atoms in total. The number of fused-ring (bicyclic) bond motifs is 1. The van der Waals surface area contributed by atoms with E-state index in [9.17, 15) is 9.82 Å². The number of hydrogen-bond acceptors (Lipinski definition) is 2. The maximum Gasteiger partial charge on any atom is 0.324 e. The van der Waals surface area contributed by atoms with Gasteiger partial charge in [-0.1, -0.05) is 54.1 Å². The van der Waals surface area contributed by atoms with E-state index >= 15 is 0 Å². The molecule has 0 saturated heterocycles. The van der Waals surface area contributed by atoms with Crippen LogP contribution in [0.15, 0.2) is 48.5 Å². The number of carbonyl (C=O) groups excluding carboxylic acids is 1. The van der Waals surface area contributed by atoms with Gasteiger partial charge in [0.2, 0.25) is 0 Å². The highest BCUT2D eigenvalue weighted by molar-refractivity contribution is 6.68. The van der Waals surface area contributed by atoms with Crippen LogP contribution in [0.25, 0.3) is 0 Å². The monoisotopic (exact) mass is 250 g/mol. The summed E-state index contributed by atoms with van der Waals surface area (Å²) in [4.78, 5) is 12.1. The number of rotatable bonds is 3. The Morgan fingerprint density at radius 3 is 2.74 bits per heavy atom. The Morgan fingerprint density at radius 1 is 1.16 bits per heavy atom. The van der Waals surface area contributed by atoms with Crippen molar-refractivity contribution in [1.29, 1.82) is 0 Å². The van der Waals surface area contributed by atoms with E-state index < -0.39 is 0 Å². The van der Waals surface area contributed by atoms with Gasteiger partial charge >= 0.3 is 6.92 Å². The summed E-state index contributed by atoms with van der Waals surface area (Å²) >= 11 is 0. The van der Waals surface area contributed by atoms with Gasteiger partial charge in [-0.15, -0.1) is 0 Å². The van der Waals surface area contributed by atoms with E-state index in [1.165, 1.54) is 5.56 Å². The predicted octanol–water partition coefficient (Wildman–Crippen LogP) is 1.86. The molecule has 0 bridgehead atoms. The molecule has 0 spiro atoms. The van der Waals surface area contributed by atoms with Gasteiger partial charge in [-0.3, -0.25) is 4.79 Å². The van der Waals surface area contributed by atoms with Gasteiger partial charge in [-0.2, -0.15) is 0 Å². The molecule has 0 saturated carbocycles. The molecule has 1 N–H and O–H groups in total. The summed E-state index contributed by atoms with van der Waals surface area (Å²) in [5, 5.41) is 9.87. The Hall–Kier alpha value is -1.87. The van der Waals surface area contributed by atoms with E-state index in [0.717, 1.165) is 29.3 Å². The van der Waals surface area contributed by atoms with Crippen molar-refractivity contribution in [2.75, 3.05) is 0 Å². The van der Waals surface area contributed by atoms with Crippen LogP contribution in [0.3, 0.4) is 0 Å². The lowest BCUT2D eigenvalue weighted by molar-refractivity contribution is 0.0993. The minimum Gasteiger partial charge on any atom is -0.446 e. The Kier molecular flexibility index (Phi) is 3.22. The quantitative estimate of drug-likeness (QED) is 0.666. The number of aryl methyl sites for hydroxylation is 1. The molecule has 3 rings (SSSR count). The Labute approximate surface area is 113 Å². The zero-order valence-corrected chi connectivity index (χ0v) is 10.7. The molecule has 1 heterocycles. The summed E-state index contributed by atoms with van der Waals surface area (Å²) in [6.07, 6.45) is 2.12. The van der Waals surface area contributed by atoms with Crippen molar-refractivity contribution in [2.24, 2.45) is 0 Å². The zero-order valence-electron chi connectivity index (χ0n) is 10.7. The average molecular weight is 250 g/mol. The average Bonchev–Trinajstić information content (AvgIpc) is 2.81. The van der Waals surface area contributed by atoms with Crippen LogP contribution in [0.2, 0.25) is 6.32 Å². The number of hydrogen-bond donors (Lipinski definition) is 1. The first-order valence-corrected chi connectivity index (χ1v) is 6.62. The second-order valence-electron chi connectivity index (χ2n) is 5.05. The van der Waals surface area contributed by atoms with Crippen LogP contribution in [0, 0.1) is 0 Å². The van der Waals surface area contributed by atoms with Gasteiger partial charge in [0.25, 0.3) is 0 Å². The van der Waals surface area contributed by atoms with Gasteiger partial charge in [0, 0.05) is 12.0 Å². The predicted molar refractivity (Wildman–Crippen MR) is 77.0 cm³/mol. The molecule has 0 atom stereocenters. The molecule has 0 fully saturated rings. The van der Waals surface area contributed by atoms with Crippen LogP contribution in [-0.2, 0) is 12.8 Å². The third-order valence-electron chi connectivity index (χ3n) is 3.72. The summed E-state index contributed by atoms with van der Waals surface area (Å²) in [6.45, 7) is -0.359. The fourth-order valence-electron chi connectivity index (χ4n) is 2.65. The van der Waals surface area contributed by atoms with Crippen molar-refractivity contribution >= 4 is 18.2 Å². The maximum absolute atomic E-state index is 12.1. The number of carbonyl (C=O) groups is 1. The van der Waals surface area contributed by atoms with E-state index in [0.29, 0.717) is 6.42 Å². The minimum absolute atomic E-state index is 0.119. The summed E-state index contributed by atoms with van der Waals surface area (Å²) < 4.78 is 0. The van der Waals surface area contributed by atoms with E-state index in [2.05, 4.69) is 0 Å². The Morgan fingerprint density at radius 2 is 1.95 bits per heavy atom. The molecule has 19 heavy (non-hydrogen) atoms. The molecule has 0 amide bonds. The molecule has 0 aromatic heterocycles. The normalized spacial score (nSPS) is 13.4. The van der Waals surface area contributed by atoms with Crippen molar-refractivity contribution < 1.29 is 9.82 Å². The SMILES string of the molecule is O=C(Cc1ccc2c(c1)B(O)CC2)c1ccccc1. The highest BCUT2D eigenvalue weighted by Crippen LogP contribution is 2.15. The first kappa shape index (κ1) is 12.2. The lowest BCUT2D eigenvalue weighted by Crippen LogP contribution is -2.26. The highest BCUT2D eigenvalue weighted by atomic mass is 16.2. The zero-order chi connectivity index (χ0) is 13.2. The Balaban J connectivity index is 1.81. The third-order valence-corrected chi connectivity index (χ3v) is 3.72. The second kappa shape index (κ2) is 5.02. The third kappa shape index (κ3) is 2.47. The van der Waals surface area contributed by atoms with Crippen LogP contribution in [0.4, 0.5) is 0 Å². The molecule has 2 aromatic carbocycles. The molecule has 94 valence electrons. The summed E-state index contributed by atoms with van der Waals surface area (Å²) in [7, 11) is 0. The van der Waals surface area contributed by atoms with E-state index in [-0.39, 0.29) is 12.7 Å². The van der Waals surface area contributed by atoms with Crippen LogP contribution in [0.1, 0.15) is 21.5 Å². The summed E-state index contributed by atoms with van der Waals surface area (Å²) in [6, 6.07) is 15.3. The summed E-state index contributed by atoms with van der Waals surface area (Å²) in [5.41, 5.74) is 3.93. The van der Waals surface area contributed by atoms with Gasteiger partial charge in [0.05, 0.1) is 0 Å². The van der Waals surface area contributed by atoms with E-state index in [4.69, 9.17) is 0 Å². The van der Waals surface area contributed by atoms with E-state index in [1.54, 1.807) is 0 Å². The minimum atomic E-state index is -0.359. The number of Topliss-reactive ketones (excluding diaryl/α,β-unsaturated/α-hetero) is 1.